The van der Waals surface area contributed by atoms with Crippen molar-refractivity contribution in [3.63, 3.8) is 0 Å². The maximum Gasteiger partial charge on any atom is 0.446 e. The number of carbonyl (C=O) groups excluding carboxylic acids is 1. The molecule has 0 heterocycles. The number of carbonyl (C=O) groups is 1. The Morgan fingerprint density at radius 1 is 0.882 bits per heavy atom. The van der Waals surface area contributed by atoms with E-state index in [1.807, 2.05) is 27.7 Å². The Bertz CT molecular complexity index is 1190. The molecule has 0 fully saturated rings. The molecule has 0 aromatic heterocycles. The average Bonchev–Trinajstić information content (AvgIpc) is 2.67. The Kier molecular flexibility index (Phi) is 11.0. The van der Waals surface area contributed by atoms with E-state index in [1.54, 1.807) is 6.08 Å². The Morgan fingerprint density at radius 3 is 1.91 bits per heavy atom. The predicted octanol–water partition coefficient (Wildman–Crippen LogP) is 4.53. The highest BCUT2D eigenvalue weighted by molar-refractivity contribution is 7.81. The standard InChI is InChI=1S/C22H30O10S2/c1-15(2)7-5-8-16(3)9-6-10-17(4)11-12-18-13-20(31-33(25,26)27)21(24)19(14-23)22(18)32-34(28,29)30/h7,9,11,13-14,24H,5-6,8,10,12H2,1-4H3,(H,25,26,27)(H,28,29,30)/b16-9+,17-11+. The molecular weight excluding hydrogens is 488 g/mol. The maximum atomic E-state index is 11.5. The first-order chi connectivity index (χ1) is 15.6. The third kappa shape index (κ3) is 11.0. The average molecular weight is 519 g/mol. The molecule has 0 spiro atoms. The van der Waals surface area contributed by atoms with E-state index in [2.05, 4.69) is 20.5 Å². The summed E-state index contributed by atoms with van der Waals surface area (Å²) in [7, 11) is -10.1. The van der Waals surface area contributed by atoms with Crippen molar-refractivity contribution in [2.45, 2.75) is 59.8 Å². The van der Waals surface area contributed by atoms with Crippen LogP contribution in [-0.2, 0) is 27.2 Å². The zero-order valence-electron chi connectivity index (χ0n) is 19.4. The lowest BCUT2D eigenvalue weighted by molar-refractivity contribution is 0.111. The molecule has 0 aliphatic carbocycles. The van der Waals surface area contributed by atoms with Gasteiger partial charge in [-0.3, -0.25) is 13.9 Å². The van der Waals surface area contributed by atoms with E-state index in [0.717, 1.165) is 30.9 Å². The van der Waals surface area contributed by atoms with Crippen molar-refractivity contribution in [3.8, 4) is 17.2 Å². The minimum atomic E-state index is -5.08. The van der Waals surface area contributed by atoms with E-state index < -0.39 is 43.6 Å². The van der Waals surface area contributed by atoms with Crippen LogP contribution in [0.15, 0.2) is 41.0 Å². The van der Waals surface area contributed by atoms with Crippen molar-refractivity contribution in [1.82, 2.24) is 0 Å². The molecule has 10 nitrogen and oxygen atoms in total. The number of phenols is 1. The smallest absolute Gasteiger partial charge is 0.446 e. The number of benzene rings is 1. The van der Waals surface area contributed by atoms with Crippen molar-refractivity contribution < 1.29 is 44.2 Å². The van der Waals surface area contributed by atoms with E-state index >= 15 is 0 Å². The molecule has 0 unspecified atom stereocenters. The van der Waals surface area contributed by atoms with Crippen molar-refractivity contribution in [3.05, 3.63) is 52.1 Å². The molecule has 1 rings (SSSR count). The fourth-order valence-corrected chi connectivity index (χ4v) is 3.73. The first-order valence-electron chi connectivity index (χ1n) is 10.3. The summed E-state index contributed by atoms with van der Waals surface area (Å²) in [5, 5.41) is 10.1. The molecule has 0 amide bonds. The van der Waals surface area contributed by atoms with Crippen LogP contribution in [0.1, 0.15) is 69.3 Å². The molecule has 0 aliphatic heterocycles. The quantitative estimate of drug-likeness (QED) is 0.192. The lowest BCUT2D eigenvalue weighted by Crippen LogP contribution is -2.12. The van der Waals surface area contributed by atoms with Crippen LogP contribution in [0.3, 0.4) is 0 Å². The number of rotatable bonds is 13. The van der Waals surface area contributed by atoms with Gasteiger partial charge in [0.05, 0.1) is 0 Å². The van der Waals surface area contributed by atoms with Crippen molar-refractivity contribution in [2.24, 2.45) is 0 Å². The molecule has 12 heteroatoms. The summed E-state index contributed by atoms with van der Waals surface area (Å²) < 4.78 is 71.3. The van der Waals surface area contributed by atoms with Crippen molar-refractivity contribution in [2.75, 3.05) is 0 Å². The largest absolute Gasteiger partial charge is 0.504 e. The van der Waals surface area contributed by atoms with Crippen molar-refractivity contribution in [1.29, 1.82) is 0 Å². The molecule has 1 aromatic carbocycles. The van der Waals surface area contributed by atoms with Gasteiger partial charge in [0.25, 0.3) is 0 Å². The molecule has 0 atom stereocenters. The normalized spacial score (nSPS) is 12.9. The fourth-order valence-electron chi connectivity index (χ4n) is 2.97. The van der Waals surface area contributed by atoms with Gasteiger partial charge in [-0.25, -0.2) is 0 Å². The lowest BCUT2D eigenvalue weighted by Gasteiger charge is -2.14. The second kappa shape index (κ2) is 12.7. The number of aromatic hydroxyl groups is 1. The zero-order valence-corrected chi connectivity index (χ0v) is 21.1. The van der Waals surface area contributed by atoms with Gasteiger partial charge in [0.2, 0.25) is 0 Å². The van der Waals surface area contributed by atoms with Crippen LogP contribution < -0.4 is 8.37 Å². The Balaban J connectivity index is 3.17. The lowest BCUT2D eigenvalue weighted by atomic mass is 10.0. The Morgan fingerprint density at radius 2 is 1.41 bits per heavy atom. The molecule has 0 bridgehead atoms. The Labute approximate surface area is 200 Å². The number of hydrogen-bond donors (Lipinski definition) is 3. The SMILES string of the molecule is CC(C)=CCC/C(C)=C/CC/C(C)=C/Cc1cc(OS(=O)(=O)O)c(O)c(C=O)c1OS(=O)(=O)O. The van der Waals surface area contributed by atoms with Gasteiger partial charge in [0.15, 0.2) is 23.5 Å². The fraction of sp³-hybridized carbons (Fsp3) is 0.409. The molecule has 34 heavy (non-hydrogen) atoms. The predicted molar refractivity (Wildman–Crippen MR) is 127 cm³/mol. The third-order valence-corrected chi connectivity index (χ3v) is 5.39. The van der Waals surface area contributed by atoms with Crippen LogP contribution in [0, 0.1) is 0 Å². The maximum absolute atomic E-state index is 11.5. The first kappa shape index (κ1) is 29.4. The van der Waals surface area contributed by atoms with Crippen LogP contribution in [0.2, 0.25) is 0 Å². The molecule has 0 saturated carbocycles. The van der Waals surface area contributed by atoms with Crippen LogP contribution in [0.4, 0.5) is 0 Å². The zero-order chi connectivity index (χ0) is 26.1. The molecule has 3 N–H and O–H groups in total. The minimum absolute atomic E-state index is 0.00440. The van der Waals surface area contributed by atoms with Gasteiger partial charge in [-0.05, 0) is 65.9 Å². The molecule has 0 aliphatic rings. The third-order valence-electron chi connectivity index (χ3n) is 4.62. The highest BCUT2D eigenvalue weighted by atomic mass is 32.3. The Hall–Kier alpha value is -2.67. The minimum Gasteiger partial charge on any atom is -0.504 e. The molecule has 0 radical (unpaired) electrons. The first-order valence-corrected chi connectivity index (χ1v) is 13.0. The van der Waals surface area contributed by atoms with Gasteiger partial charge < -0.3 is 13.5 Å². The monoisotopic (exact) mass is 518 g/mol. The summed E-state index contributed by atoms with van der Waals surface area (Å²) in [6, 6.07) is 0.883. The van der Waals surface area contributed by atoms with Gasteiger partial charge in [-0.15, -0.1) is 0 Å². The van der Waals surface area contributed by atoms with Crippen LogP contribution >= 0.6 is 0 Å². The molecule has 1 aromatic rings. The second-order valence-electron chi connectivity index (χ2n) is 7.93. The van der Waals surface area contributed by atoms with Gasteiger partial charge in [0, 0.05) is 5.56 Å². The highest BCUT2D eigenvalue weighted by Gasteiger charge is 2.25. The highest BCUT2D eigenvalue weighted by Crippen LogP contribution is 2.40. The van der Waals surface area contributed by atoms with E-state index in [0.29, 0.717) is 6.42 Å². The summed E-state index contributed by atoms with van der Waals surface area (Å²) in [5.41, 5.74) is 2.53. The van der Waals surface area contributed by atoms with E-state index in [9.17, 15) is 26.7 Å². The summed E-state index contributed by atoms with van der Waals surface area (Å²) in [6.07, 6.45) is 9.23. The molecule has 190 valence electrons. The van der Waals surface area contributed by atoms with E-state index in [-0.39, 0.29) is 18.3 Å². The topological polar surface area (TPSA) is 164 Å². The number of phenolic OH excluding ortho intramolecular Hbond substituents is 1. The molecule has 0 saturated heterocycles. The van der Waals surface area contributed by atoms with Crippen LogP contribution in [-0.4, -0.2) is 37.3 Å². The number of allylic oxidation sites excluding steroid dienone is 6. The van der Waals surface area contributed by atoms with Gasteiger partial charge in [-0.1, -0.05) is 34.9 Å². The van der Waals surface area contributed by atoms with Crippen LogP contribution in [0.25, 0.3) is 0 Å². The summed E-state index contributed by atoms with van der Waals surface area (Å²) in [5.74, 6) is -2.61. The van der Waals surface area contributed by atoms with E-state index in [4.69, 9.17) is 9.11 Å². The summed E-state index contributed by atoms with van der Waals surface area (Å²) in [4.78, 5) is 11.5. The number of hydrogen-bond acceptors (Lipinski definition) is 8. The van der Waals surface area contributed by atoms with Gasteiger partial charge >= 0.3 is 20.8 Å². The summed E-state index contributed by atoms with van der Waals surface area (Å²) in [6.45, 7) is 7.96. The number of aldehydes is 1. The summed E-state index contributed by atoms with van der Waals surface area (Å²) >= 11 is 0. The van der Waals surface area contributed by atoms with Gasteiger partial charge in [0.1, 0.15) is 5.56 Å². The molecular formula is C22H30O10S2. The van der Waals surface area contributed by atoms with Crippen LogP contribution in [0.5, 0.6) is 17.2 Å². The van der Waals surface area contributed by atoms with Gasteiger partial charge in [-0.2, -0.15) is 16.8 Å². The van der Waals surface area contributed by atoms with Crippen molar-refractivity contribution >= 4 is 27.1 Å². The van der Waals surface area contributed by atoms with E-state index in [1.165, 1.54) is 11.1 Å². The second-order valence-corrected chi connectivity index (χ2v) is 9.97.